The predicted octanol–water partition coefficient (Wildman–Crippen LogP) is 1.87. The fourth-order valence-corrected chi connectivity index (χ4v) is 3.64. The van der Waals surface area contributed by atoms with Gasteiger partial charge in [0.15, 0.2) is 0 Å². The lowest BCUT2D eigenvalue weighted by Crippen LogP contribution is -2.44. The smallest absolute Gasteiger partial charge is 0.243 e. The Morgan fingerprint density at radius 3 is 2.32 bits per heavy atom. The molecule has 1 heterocycles. The average molecular weight is 324 g/mol. The molecule has 6 heteroatoms. The van der Waals surface area contributed by atoms with Gasteiger partial charge in [0.1, 0.15) is 0 Å². The molecule has 0 bridgehead atoms. The van der Waals surface area contributed by atoms with Gasteiger partial charge in [-0.25, -0.2) is 8.42 Å². The molecule has 0 radical (unpaired) electrons. The van der Waals surface area contributed by atoms with Gasteiger partial charge in [0, 0.05) is 20.1 Å². The standard InChI is InChI=1S/C16H24N2O3S/c1-13-4-6-15(7-5-13)22(20,21)17(3)12-16(19)18-10-8-14(2)9-11-18/h4-7,14H,8-12H2,1-3H3. The summed E-state index contributed by atoms with van der Waals surface area (Å²) < 4.78 is 26.1. The highest BCUT2D eigenvalue weighted by atomic mass is 32.2. The highest BCUT2D eigenvalue weighted by Gasteiger charge is 2.26. The molecule has 122 valence electrons. The normalized spacial score (nSPS) is 17.0. The molecule has 1 aromatic rings. The van der Waals surface area contributed by atoms with Crippen LogP contribution in [0.3, 0.4) is 0 Å². The van der Waals surface area contributed by atoms with E-state index in [9.17, 15) is 13.2 Å². The summed E-state index contributed by atoms with van der Waals surface area (Å²) in [6.45, 7) is 5.41. The second-order valence-electron chi connectivity index (χ2n) is 6.14. The van der Waals surface area contributed by atoms with Crippen LogP contribution in [0.5, 0.6) is 0 Å². The number of carbonyl (C=O) groups excluding carboxylic acids is 1. The molecule has 1 aliphatic rings. The van der Waals surface area contributed by atoms with Crippen molar-refractivity contribution in [3.63, 3.8) is 0 Å². The SMILES string of the molecule is Cc1ccc(S(=O)(=O)N(C)CC(=O)N2CCC(C)CC2)cc1. The van der Waals surface area contributed by atoms with Gasteiger partial charge in [-0.05, 0) is 37.8 Å². The van der Waals surface area contributed by atoms with Gasteiger partial charge in [0.2, 0.25) is 15.9 Å². The van der Waals surface area contributed by atoms with Gasteiger partial charge in [-0.2, -0.15) is 4.31 Å². The molecule has 0 aliphatic carbocycles. The molecule has 1 aromatic carbocycles. The predicted molar refractivity (Wildman–Crippen MR) is 86.0 cm³/mol. The molecule has 1 saturated heterocycles. The number of benzene rings is 1. The van der Waals surface area contributed by atoms with Gasteiger partial charge in [-0.15, -0.1) is 0 Å². The number of rotatable bonds is 4. The van der Waals surface area contributed by atoms with Crippen molar-refractivity contribution < 1.29 is 13.2 Å². The Morgan fingerprint density at radius 2 is 1.77 bits per heavy atom. The summed E-state index contributed by atoms with van der Waals surface area (Å²) in [4.78, 5) is 14.3. The average Bonchev–Trinajstić information content (AvgIpc) is 2.48. The van der Waals surface area contributed by atoms with Crippen molar-refractivity contribution in [1.82, 2.24) is 9.21 Å². The molecular formula is C16H24N2O3S. The maximum absolute atomic E-state index is 12.5. The van der Waals surface area contributed by atoms with Crippen LogP contribution in [0.1, 0.15) is 25.3 Å². The zero-order valence-corrected chi connectivity index (χ0v) is 14.3. The summed E-state index contributed by atoms with van der Waals surface area (Å²) in [6, 6.07) is 6.67. The van der Waals surface area contributed by atoms with Gasteiger partial charge < -0.3 is 4.90 Å². The maximum Gasteiger partial charge on any atom is 0.243 e. The second kappa shape index (κ2) is 6.79. The van der Waals surface area contributed by atoms with Crippen LogP contribution in [-0.4, -0.2) is 50.2 Å². The monoisotopic (exact) mass is 324 g/mol. The van der Waals surface area contributed by atoms with Crippen LogP contribution in [0.25, 0.3) is 0 Å². The van der Waals surface area contributed by atoms with E-state index in [2.05, 4.69) is 6.92 Å². The fraction of sp³-hybridized carbons (Fsp3) is 0.562. The summed E-state index contributed by atoms with van der Waals surface area (Å²) in [7, 11) is -2.16. The third-order valence-corrected chi connectivity index (χ3v) is 6.04. The number of sulfonamides is 1. The number of likely N-dealkylation sites (tertiary alicyclic amines) is 1. The van der Waals surface area contributed by atoms with E-state index in [1.54, 1.807) is 29.2 Å². The van der Waals surface area contributed by atoms with Crippen molar-refractivity contribution in [2.45, 2.75) is 31.6 Å². The van der Waals surface area contributed by atoms with Crippen LogP contribution in [0.2, 0.25) is 0 Å². The number of carbonyl (C=O) groups is 1. The van der Waals surface area contributed by atoms with Crippen LogP contribution in [0, 0.1) is 12.8 Å². The van der Waals surface area contributed by atoms with Crippen LogP contribution in [0.4, 0.5) is 0 Å². The topological polar surface area (TPSA) is 57.7 Å². The van der Waals surface area contributed by atoms with Crippen molar-refractivity contribution in [3.05, 3.63) is 29.8 Å². The Balaban J connectivity index is 2.03. The maximum atomic E-state index is 12.5. The molecule has 0 atom stereocenters. The molecule has 1 amide bonds. The van der Waals surface area contributed by atoms with E-state index in [1.165, 1.54) is 7.05 Å². The summed E-state index contributed by atoms with van der Waals surface area (Å²) in [6.07, 6.45) is 1.97. The number of piperidine rings is 1. The zero-order valence-electron chi connectivity index (χ0n) is 13.4. The molecule has 0 unspecified atom stereocenters. The number of aryl methyl sites for hydroxylation is 1. The Kier molecular flexibility index (Phi) is 5.24. The third kappa shape index (κ3) is 3.87. The van der Waals surface area contributed by atoms with Crippen molar-refractivity contribution >= 4 is 15.9 Å². The zero-order chi connectivity index (χ0) is 16.3. The first-order chi connectivity index (χ1) is 10.3. The van der Waals surface area contributed by atoms with Crippen molar-refractivity contribution in [2.24, 2.45) is 5.92 Å². The largest absolute Gasteiger partial charge is 0.342 e. The number of likely N-dealkylation sites (N-methyl/N-ethyl adjacent to an activating group) is 1. The van der Waals surface area contributed by atoms with Crippen molar-refractivity contribution in [2.75, 3.05) is 26.7 Å². The minimum Gasteiger partial charge on any atom is -0.342 e. The van der Waals surface area contributed by atoms with E-state index in [0.29, 0.717) is 5.92 Å². The summed E-state index contributed by atoms with van der Waals surface area (Å²) in [5.74, 6) is 0.517. The van der Waals surface area contributed by atoms with E-state index >= 15 is 0 Å². The third-order valence-electron chi connectivity index (χ3n) is 4.22. The van der Waals surface area contributed by atoms with Crippen LogP contribution in [-0.2, 0) is 14.8 Å². The number of hydrogen-bond donors (Lipinski definition) is 0. The minimum absolute atomic E-state index is 0.107. The lowest BCUT2D eigenvalue weighted by atomic mass is 9.99. The van der Waals surface area contributed by atoms with E-state index < -0.39 is 10.0 Å². The van der Waals surface area contributed by atoms with E-state index in [0.717, 1.165) is 35.8 Å². The summed E-state index contributed by atoms with van der Waals surface area (Å²) in [5.41, 5.74) is 1.00. The molecule has 2 rings (SSSR count). The Hall–Kier alpha value is -1.40. The van der Waals surface area contributed by atoms with Gasteiger partial charge in [0.25, 0.3) is 0 Å². The van der Waals surface area contributed by atoms with Crippen molar-refractivity contribution in [1.29, 1.82) is 0 Å². The molecule has 22 heavy (non-hydrogen) atoms. The Bertz CT molecular complexity index is 617. The molecule has 5 nitrogen and oxygen atoms in total. The number of hydrogen-bond acceptors (Lipinski definition) is 3. The molecular weight excluding hydrogens is 300 g/mol. The summed E-state index contributed by atoms with van der Waals surface area (Å²) in [5, 5.41) is 0. The van der Waals surface area contributed by atoms with Gasteiger partial charge in [-0.1, -0.05) is 24.6 Å². The Morgan fingerprint density at radius 1 is 1.23 bits per heavy atom. The number of amides is 1. The van der Waals surface area contributed by atoms with Gasteiger partial charge in [-0.3, -0.25) is 4.79 Å². The lowest BCUT2D eigenvalue weighted by Gasteiger charge is -2.31. The highest BCUT2D eigenvalue weighted by Crippen LogP contribution is 2.18. The van der Waals surface area contributed by atoms with Crippen LogP contribution in [0.15, 0.2) is 29.2 Å². The molecule has 0 saturated carbocycles. The summed E-state index contributed by atoms with van der Waals surface area (Å²) >= 11 is 0. The molecule has 1 aliphatic heterocycles. The van der Waals surface area contributed by atoms with E-state index in [4.69, 9.17) is 0 Å². The fourth-order valence-electron chi connectivity index (χ4n) is 2.52. The molecule has 1 fully saturated rings. The van der Waals surface area contributed by atoms with Gasteiger partial charge in [0.05, 0.1) is 11.4 Å². The quantitative estimate of drug-likeness (QED) is 0.849. The first kappa shape index (κ1) is 17.0. The molecule has 0 N–H and O–H groups in total. The molecule has 0 aromatic heterocycles. The van der Waals surface area contributed by atoms with Crippen LogP contribution >= 0.6 is 0 Å². The number of nitrogens with zero attached hydrogens (tertiary/aromatic N) is 2. The van der Waals surface area contributed by atoms with Crippen LogP contribution < -0.4 is 0 Å². The lowest BCUT2D eigenvalue weighted by molar-refractivity contribution is -0.132. The van der Waals surface area contributed by atoms with Crippen molar-refractivity contribution in [3.8, 4) is 0 Å². The van der Waals surface area contributed by atoms with Gasteiger partial charge >= 0.3 is 0 Å². The minimum atomic E-state index is -3.61. The van der Waals surface area contributed by atoms with E-state index in [-0.39, 0.29) is 17.3 Å². The Labute approximate surface area is 133 Å². The second-order valence-corrected chi connectivity index (χ2v) is 8.18. The first-order valence-corrected chi connectivity index (χ1v) is 9.05. The van der Waals surface area contributed by atoms with E-state index in [1.807, 2.05) is 6.92 Å². The first-order valence-electron chi connectivity index (χ1n) is 7.61. The molecule has 0 spiro atoms. The highest BCUT2D eigenvalue weighted by molar-refractivity contribution is 7.89.